The molecule has 1 aromatic rings. The molecule has 0 saturated carbocycles. The van der Waals surface area contributed by atoms with Gasteiger partial charge < -0.3 is 5.32 Å². The molecule has 0 radical (unpaired) electrons. The average molecular weight is 229 g/mol. The molecule has 1 heterocycles. The van der Waals surface area contributed by atoms with Crippen molar-refractivity contribution in [2.45, 2.75) is 26.8 Å². The van der Waals surface area contributed by atoms with Gasteiger partial charge in [-0.15, -0.1) is 0 Å². The third-order valence-electron chi connectivity index (χ3n) is 3.50. The van der Waals surface area contributed by atoms with Crippen LogP contribution in [0.4, 0.5) is 4.79 Å². The summed E-state index contributed by atoms with van der Waals surface area (Å²) in [5.74, 6) is 0. The Labute approximate surface area is 101 Å². The molecular formula is C13H15N3O. The van der Waals surface area contributed by atoms with Gasteiger partial charge in [0.25, 0.3) is 0 Å². The van der Waals surface area contributed by atoms with Crippen LogP contribution in [0.5, 0.6) is 0 Å². The lowest BCUT2D eigenvalue weighted by molar-refractivity contribution is 0.232. The number of aryl methyl sites for hydroxylation is 1. The minimum Gasteiger partial charge on any atom is -0.328 e. The molecule has 1 aliphatic rings. The van der Waals surface area contributed by atoms with E-state index in [1.54, 1.807) is 0 Å². The van der Waals surface area contributed by atoms with Crippen LogP contribution in [0.2, 0.25) is 0 Å². The predicted octanol–water partition coefficient (Wildman–Crippen LogP) is 2.16. The van der Waals surface area contributed by atoms with Crippen molar-refractivity contribution in [3.63, 3.8) is 0 Å². The molecular weight excluding hydrogens is 214 g/mol. The summed E-state index contributed by atoms with van der Waals surface area (Å²) < 4.78 is 0. The van der Waals surface area contributed by atoms with E-state index >= 15 is 0 Å². The molecule has 2 amide bonds. The topological polar surface area (TPSA) is 56.1 Å². The summed E-state index contributed by atoms with van der Waals surface area (Å²) >= 11 is 0. The molecule has 17 heavy (non-hydrogen) atoms. The van der Waals surface area contributed by atoms with E-state index in [1.807, 2.05) is 12.3 Å². The minimum atomic E-state index is -0.310. The maximum Gasteiger partial charge on any atom is 0.331 e. The van der Waals surface area contributed by atoms with Gasteiger partial charge in [0.2, 0.25) is 0 Å². The fraction of sp³-hybridized carbons (Fsp3) is 0.385. The van der Waals surface area contributed by atoms with Gasteiger partial charge in [0.1, 0.15) is 0 Å². The highest BCUT2D eigenvalue weighted by Gasteiger charge is 2.30. The average Bonchev–Trinajstić information content (AvgIpc) is 2.67. The van der Waals surface area contributed by atoms with E-state index in [1.165, 1.54) is 16.7 Å². The molecule has 88 valence electrons. The van der Waals surface area contributed by atoms with Crippen LogP contribution < -0.4 is 5.32 Å². The molecule has 1 saturated heterocycles. The van der Waals surface area contributed by atoms with Crippen LogP contribution in [0.1, 0.15) is 28.3 Å². The highest BCUT2D eigenvalue weighted by Crippen LogP contribution is 2.26. The van der Waals surface area contributed by atoms with E-state index < -0.39 is 0 Å². The number of carbonyl (C=O) groups excluding carboxylic acids is 1. The molecule has 1 N–H and O–H groups in total. The normalized spacial score (nSPS) is 19.1. The number of nitriles is 1. The van der Waals surface area contributed by atoms with E-state index in [0.717, 1.165) is 10.5 Å². The van der Waals surface area contributed by atoms with E-state index in [4.69, 9.17) is 5.26 Å². The molecule has 4 nitrogen and oxygen atoms in total. The summed E-state index contributed by atoms with van der Waals surface area (Å²) in [4.78, 5) is 12.6. The Morgan fingerprint density at radius 2 is 2.06 bits per heavy atom. The summed E-state index contributed by atoms with van der Waals surface area (Å²) in [5, 5.41) is 11.6. The molecule has 4 heteroatoms. The molecule has 1 aromatic carbocycles. The maximum atomic E-state index is 11.4. The van der Waals surface area contributed by atoms with Gasteiger partial charge in [0.05, 0.1) is 12.6 Å². The van der Waals surface area contributed by atoms with Crippen molar-refractivity contribution in [2.75, 3.05) is 6.54 Å². The third-order valence-corrected chi connectivity index (χ3v) is 3.50. The maximum absolute atomic E-state index is 11.4. The van der Waals surface area contributed by atoms with Crippen LogP contribution in [0.15, 0.2) is 12.1 Å². The van der Waals surface area contributed by atoms with Gasteiger partial charge >= 0.3 is 6.03 Å². The van der Waals surface area contributed by atoms with Gasteiger partial charge in [-0.2, -0.15) is 5.26 Å². The molecule has 1 aliphatic heterocycles. The van der Waals surface area contributed by atoms with Crippen molar-refractivity contribution in [1.29, 1.82) is 5.26 Å². The Morgan fingerprint density at radius 1 is 1.35 bits per heavy atom. The minimum absolute atomic E-state index is 0.0820. The molecule has 0 spiro atoms. The first-order valence-corrected chi connectivity index (χ1v) is 5.59. The smallest absolute Gasteiger partial charge is 0.328 e. The first kappa shape index (κ1) is 11.5. The second-order valence-corrected chi connectivity index (χ2v) is 4.43. The van der Waals surface area contributed by atoms with Crippen LogP contribution in [0, 0.1) is 32.2 Å². The van der Waals surface area contributed by atoms with Crippen molar-refractivity contribution in [3.05, 3.63) is 34.4 Å². The standard InChI is InChI=1S/C13H15N3O/c1-8-4-5-11(10(3)9(8)2)12-6-16(7-14)13(17)15-12/h4-5,12H,6H2,1-3H3,(H,15,17). The van der Waals surface area contributed by atoms with Crippen molar-refractivity contribution < 1.29 is 4.79 Å². The van der Waals surface area contributed by atoms with E-state index in [-0.39, 0.29) is 12.1 Å². The van der Waals surface area contributed by atoms with Crippen LogP contribution >= 0.6 is 0 Å². The van der Waals surface area contributed by atoms with E-state index in [0.29, 0.717) is 6.54 Å². The Bertz CT molecular complexity index is 516. The van der Waals surface area contributed by atoms with Crippen molar-refractivity contribution >= 4 is 6.03 Å². The molecule has 0 aliphatic carbocycles. The van der Waals surface area contributed by atoms with Gasteiger partial charge in [-0.05, 0) is 43.0 Å². The van der Waals surface area contributed by atoms with Crippen LogP contribution in [-0.4, -0.2) is 17.5 Å². The second kappa shape index (κ2) is 4.10. The quantitative estimate of drug-likeness (QED) is 0.750. The predicted molar refractivity (Wildman–Crippen MR) is 64.2 cm³/mol. The van der Waals surface area contributed by atoms with Crippen molar-refractivity contribution in [3.8, 4) is 6.19 Å². The van der Waals surface area contributed by atoms with Gasteiger partial charge in [0.15, 0.2) is 6.19 Å². The zero-order valence-electron chi connectivity index (χ0n) is 10.2. The Kier molecular flexibility index (Phi) is 2.76. The number of nitrogens with zero attached hydrogens (tertiary/aromatic N) is 2. The third kappa shape index (κ3) is 1.84. The van der Waals surface area contributed by atoms with Crippen molar-refractivity contribution in [1.82, 2.24) is 10.2 Å². The largest absolute Gasteiger partial charge is 0.331 e. The zero-order valence-corrected chi connectivity index (χ0v) is 10.2. The zero-order chi connectivity index (χ0) is 12.6. The van der Waals surface area contributed by atoms with Gasteiger partial charge in [-0.25, -0.2) is 9.69 Å². The second-order valence-electron chi connectivity index (χ2n) is 4.43. The van der Waals surface area contributed by atoms with Gasteiger partial charge in [-0.1, -0.05) is 12.1 Å². The number of hydrogen-bond acceptors (Lipinski definition) is 2. The lowest BCUT2D eigenvalue weighted by Crippen LogP contribution is -2.23. The number of urea groups is 1. The summed E-state index contributed by atoms with van der Waals surface area (Å²) in [6, 6.07) is 3.69. The first-order chi connectivity index (χ1) is 8.04. The van der Waals surface area contributed by atoms with Gasteiger partial charge in [-0.3, -0.25) is 0 Å². The lowest BCUT2D eigenvalue weighted by Gasteiger charge is -2.15. The Hall–Kier alpha value is -2.02. The van der Waals surface area contributed by atoms with Crippen LogP contribution in [0.3, 0.4) is 0 Å². The Balaban J connectivity index is 2.35. The van der Waals surface area contributed by atoms with E-state index in [2.05, 4.69) is 32.2 Å². The fourth-order valence-electron chi connectivity index (χ4n) is 2.15. The first-order valence-electron chi connectivity index (χ1n) is 5.59. The van der Waals surface area contributed by atoms with Crippen LogP contribution in [0.25, 0.3) is 0 Å². The number of rotatable bonds is 1. The fourth-order valence-corrected chi connectivity index (χ4v) is 2.15. The summed E-state index contributed by atoms with van der Waals surface area (Å²) in [6.07, 6.45) is 1.88. The summed E-state index contributed by atoms with van der Waals surface area (Å²) in [7, 11) is 0. The molecule has 0 bridgehead atoms. The highest BCUT2D eigenvalue weighted by molar-refractivity contribution is 5.79. The molecule has 0 aromatic heterocycles. The molecule has 1 unspecified atom stereocenters. The number of nitrogens with one attached hydrogen (secondary N) is 1. The van der Waals surface area contributed by atoms with Gasteiger partial charge in [0, 0.05) is 0 Å². The lowest BCUT2D eigenvalue weighted by atomic mass is 9.94. The number of carbonyl (C=O) groups is 1. The summed E-state index contributed by atoms with van der Waals surface area (Å²) in [5.41, 5.74) is 4.77. The number of benzene rings is 1. The van der Waals surface area contributed by atoms with Crippen LogP contribution in [-0.2, 0) is 0 Å². The SMILES string of the molecule is Cc1ccc(C2CN(C#N)C(=O)N2)c(C)c1C. The number of amides is 2. The Morgan fingerprint density at radius 3 is 2.65 bits per heavy atom. The summed E-state index contributed by atoms with van der Waals surface area (Å²) in [6.45, 7) is 6.62. The molecule has 1 fully saturated rings. The monoisotopic (exact) mass is 229 g/mol. The number of hydrogen-bond donors (Lipinski definition) is 1. The molecule has 1 atom stereocenters. The highest BCUT2D eigenvalue weighted by atomic mass is 16.2. The van der Waals surface area contributed by atoms with E-state index in [9.17, 15) is 4.79 Å². The van der Waals surface area contributed by atoms with Crippen molar-refractivity contribution in [2.24, 2.45) is 0 Å². The molecule has 2 rings (SSSR count).